The lowest BCUT2D eigenvalue weighted by molar-refractivity contribution is -0.140. The number of ether oxygens (including phenoxy) is 2. The standard InChI is InChI=1S/C23H25NO6/c1-3-30-18-11-7-16(8-12-18)21(26)19-20(15-5-9-17(25)10-6-15)24(13-4-14-29-2)23(28)22(19)27/h5-12,20,25-26H,3-4,13-14H2,1-2H3. The zero-order valence-corrected chi connectivity index (χ0v) is 17.0. The van der Waals surface area contributed by atoms with Crippen LogP contribution in [-0.4, -0.2) is 53.7 Å². The fraction of sp³-hybridized carbons (Fsp3) is 0.304. The highest BCUT2D eigenvalue weighted by atomic mass is 16.5. The minimum Gasteiger partial charge on any atom is -0.508 e. The van der Waals surface area contributed by atoms with E-state index in [1.807, 2.05) is 6.92 Å². The highest BCUT2D eigenvalue weighted by Gasteiger charge is 2.45. The van der Waals surface area contributed by atoms with Crippen molar-refractivity contribution < 1.29 is 29.3 Å². The number of benzene rings is 2. The number of ketones is 1. The number of methoxy groups -OCH3 is 1. The van der Waals surface area contributed by atoms with Gasteiger partial charge in [0.2, 0.25) is 0 Å². The summed E-state index contributed by atoms with van der Waals surface area (Å²) in [6, 6.07) is 12.2. The van der Waals surface area contributed by atoms with Crippen LogP contribution < -0.4 is 4.74 Å². The Morgan fingerprint density at radius 3 is 2.33 bits per heavy atom. The summed E-state index contributed by atoms with van der Waals surface area (Å²) >= 11 is 0. The van der Waals surface area contributed by atoms with Crippen molar-refractivity contribution in [2.45, 2.75) is 19.4 Å². The van der Waals surface area contributed by atoms with Crippen molar-refractivity contribution in [2.24, 2.45) is 0 Å². The van der Waals surface area contributed by atoms with Crippen LogP contribution >= 0.6 is 0 Å². The Bertz CT molecular complexity index is 933. The highest BCUT2D eigenvalue weighted by Crippen LogP contribution is 2.40. The summed E-state index contributed by atoms with van der Waals surface area (Å²) in [5.41, 5.74) is 1.06. The number of aliphatic hydroxyl groups excluding tert-OH is 1. The molecule has 158 valence electrons. The van der Waals surface area contributed by atoms with Gasteiger partial charge in [0.05, 0.1) is 18.2 Å². The summed E-state index contributed by atoms with van der Waals surface area (Å²) in [6.45, 7) is 3.11. The number of carbonyl (C=O) groups is 2. The molecule has 0 aliphatic carbocycles. The van der Waals surface area contributed by atoms with Crippen LogP contribution in [0.1, 0.15) is 30.5 Å². The molecule has 0 aromatic heterocycles. The molecule has 0 spiro atoms. The van der Waals surface area contributed by atoms with E-state index in [0.717, 1.165) is 0 Å². The first-order chi connectivity index (χ1) is 14.5. The molecule has 1 amide bonds. The molecule has 30 heavy (non-hydrogen) atoms. The molecular formula is C23H25NO6. The Labute approximate surface area is 175 Å². The van der Waals surface area contributed by atoms with Crippen molar-refractivity contribution in [2.75, 3.05) is 26.9 Å². The number of phenols is 1. The molecule has 1 saturated heterocycles. The summed E-state index contributed by atoms with van der Waals surface area (Å²) in [6.07, 6.45) is 0.543. The Morgan fingerprint density at radius 1 is 1.07 bits per heavy atom. The number of carbonyl (C=O) groups excluding carboxylic acids is 2. The molecule has 2 aromatic rings. The van der Waals surface area contributed by atoms with Crippen LogP contribution in [0.15, 0.2) is 54.1 Å². The number of rotatable bonds is 8. The van der Waals surface area contributed by atoms with Crippen molar-refractivity contribution in [3.63, 3.8) is 0 Å². The number of aromatic hydroxyl groups is 1. The molecular weight excluding hydrogens is 386 g/mol. The highest BCUT2D eigenvalue weighted by molar-refractivity contribution is 6.46. The molecule has 1 atom stereocenters. The van der Waals surface area contributed by atoms with E-state index in [0.29, 0.717) is 43.1 Å². The molecule has 1 fully saturated rings. The summed E-state index contributed by atoms with van der Waals surface area (Å²) in [5.74, 6) is -0.942. The van der Waals surface area contributed by atoms with Gasteiger partial charge in [-0.1, -0.05) is 12.1 Å². The van der Waals surface area contributed by atoms with Crippen LogP contribution in [0.3, 0.4) is 0 Å². The number of amides is 1. The second-order valence-corrected chi connectivity index (χ2v) is 6.89. The van der Waals surface area contributed by atoms with Crippen molar-refractivity contribution in [3.05, 3.63) is 65.2 Å². The first kappa shape index (κ1) is 21.4. The van der Waals surface area contributed by atoms with Gasteiger partial charge in [0.15, 0.2) is 0 Å². The number of hydrogen-bond acceptors (Lipinski definition) is 6. The number of nitrogens with zero attached hydrogens (tertiary/aromatic N) is 1. The quantitative estimate of drug-likeness (QED) is 0.300. The van der Waals surface area contributed by atoms with Gasteiger partial charge in [-0.2, -0.15) is 0 Å². The van der Waals surface area contributed by atoms with Crippen LogP contribution in [0.25, 0.3) is 5.76 Å². The first-order valence-corrected chi connectivity index (χ1v) is 9.77. The lowest BCUT2D eigenvalue weighted by Crippen LogP contribution is -2.31. The first-order valence-electron chi connectivity index (χ1n) is 9.77. The predicted octanol–water partition coefficient (Wildman–Crippen LogP) is 3.25. The van der Waals surface area contributed by atoms with Crippen molar-refractivity contribution in [1.29, 1.82) is 0 Å². The average Bonchev–Trinajstić information content (AvgIpc) is 3.00. The van der Waals surface area contributed by atoms with Crippen LogP contribution in [0.5, 0.6) is 11.5 Å². The van der Waals surface area contributed by atoms with E-state index >= 15 is 0 Å². The lowest BCUT2D eigenvalue weighted by atomic mass is 9.95. The molecule has 1 aliphatic rings. The summed E-state index contributed by atoms with van der Waals surface area (Å²) < 4.78 is 10.5. The summed E-state index contributed by atoms with van der Waals surface area (Å²) in [7, 11) is 1.57. The van der Waals surface area contributed by atoms with Gasteiger partial charge in [-0.15, -0.1) is 0 Å². The number of aliphatic hydroxyl groups is 1. The molecule has 3 rings (SSSR count). The van der Waals surface area contributed by atoms with Gasteiger partial charge in [0.1, 0.15) is 17.3 Å². The van der Waals surface area contributed by atoms with E-state index in [9.17, 15) is 19.8 Å². The number of hydrogen-bond donors (Lipinski definition) is 2. The second kappa shape index (κ2) is 9.45. The molecule has 0 bridgehead atoms. The maximum absolute atomic E-state index is 12.9. The third kappa shape index (κ3) is 4.31. The van der Waals surface area contributed by atoms with Crippen LogP contribution in [0.2, 0.25) is 0 Å². The van der Waals surface area contributed by atoms with Gasteiger partial charge in [-0.25, -0.2) is 0 Å². The Hall–Kier alpha value is -3.32. The van der Waals surface area contributed by atoms with E-state index in [1.165, 1.54) is 17.0 Å². The summed E-state index contributed by atoms with van der Waals surface area (Å²) in [5, 5.41) is 20.6. The normalized spacial score (nSPS) is 18.1. The molecule has 1 aliphatic heterocycles. The maximum atomic E-state index is 12.9. The van der Waals surface area contributed by atoms with Crippen LogP contribution in [-0.2, 0) is 14.3 Å². The molecule has 1 unspecified atom stereocenters. The monoisotopic (exact) mass is 411 g/mol. The molecule has 0 saturated carbocycles. The lowest BCUT2D eigenvalue weighted by Gasteiger charge is -2.25. The number of Topliss-reactive ketones (excluding diaryl/α,β-unsaturated/α-hetero) is 1. The SMILES string of the molecule is CCOc1ccc(C(O)=C2C(=O)C(=O)N(CCCOC)C2c2ccc(O)cc2)cc1. The third-order valence-electron chi connectivity index (χ3n) is 4.94. The minimum atomic E-state index is -0.756. The Morgan fingerprint density at radius 2 is 1.73 bits per heavy atom. The van der Waals surface area contributed by atoms with Crippen LogP contribution in [0.4, 0.5) is 0 Å². The minimum absolute atomic E-state index is 0.0206. The number of likely N-dealkylation sites (tertiary alicyclic amines) is 1. The van der Waals surface area contributed by atoms with Gasteiger partial charge < -0.3 is 24.6 Å². The van der Waals surface area contributed by atoms with Crippen molar-refractivity contribution in [3.8, 4) is 11.5 Å². The fourth-order valence-corrected chi connectivity index (χ4v) is 3.52. The molecule has 2 aromatic carbocycles. The van der Waals surface area contributed by atoms with E-state index in [4.69, 9.17) is 9.47 Å². The molecule has 0 radical (unpaired) electrons. The van der Waals surface area contributed by atoms with Gasteiger partial charge in [-0.05, 0) is 55.3 Å². The van der Waals surface area contributed by atoms with E-state index in [-0.39, 0.29) is 17.1 Å². The average molecular weight is 411 g/mol. The van der Waals surface area contributed by atoms with E-state index in [1.54, 1.807) is 43.5 Å². The fourth-order valence-electron chi connectivity index (χ4n) is 3.52. The molecule has 1 heterocycles. The molecule has 7 heteroatoms. The zero-order valence-electron chi connectivity index (χ0n) is 17.0. The van der Waals surface area contributed by atoms with Gasteiger partial charge in [0, 0.05) is 25.8 Å². The third-order valence-corrected chi connectivity index (χ3v) is 4.94. The largest absolute Gasteiger partial charge is 0.508 e. The topological polar surface area (TPSA) is 96.3 Å². The van der Waals surface area contributed by atoms with E-state index in [2.05, 4.69) is 0 Å². The molecule has 7 nitrogen and oxygen atoms in total. The van der Waals surface area contributed by atoms with Crippen molar-refractivity contribution >= 4 is 17.4 Å². The van der Waals surface area contributed by atoms with Crippen molar-refractivity contribution in [1.82, 2.24) is 4.90 Å². The molecule has 2 N–H and O–H groups in total. The predicted molar refractivity (Wildman–Crippen MR) is 111 cm³/mol. The summed E-state index contributed by atoms with van der Waals surface area (Å²) in [4.78, 5) is 27.1. The van der Waals surface area contributed by atoms with E-state index < -0.39 is 17.7 Å². The second-order valence-electron chi connectivity index (χ2n) is 6.89. The van der Waals surface area contributed by atoms with Gasteiger partial charge in [-0.3, -0.25) is 9.59 Å². The zero-order chi connectivity index (χ0) is 21.7. The van der Waals surface area contributed by atoms with Gasteiger partial charge >= 0.3 is 0 Å². The Kier molecular flexibility index (Phi) is 6.74. The van der Waals surface area contributed by atoms with Crippen LogP contribution in [0, 0.1) is 0 Å². The number of phenolic OH excluding ortho intramolecular Hbond substituents is 1. The Balaban J connectivity index is 2.06. The smallest absolute Gasteiger partial charge is 0.295 e. The van der Waals surface area contributed by atoms with Gasteiger partial charge in [0.25, 0.3) is 11.7 Å². The maximum Gasteiger partial charge on any atom is 0.295 e.